The molecule has 0 aliphatic carbocycles. The second-order valence-corrected chi connectivity index (χ2v) is 11.9. The minimum Gasteiger partial charge on any atom is -0.337 e. The van der Waals surface area contributed by atoms with Gasteiger partial charge in [0.25, 0.3) is 5.91 Å². The highest BCUT2D eigenvalue weighted by Crippen LogP contribution is 2.30. The van der Waals surface area contributed by atoms with Gasteiger partial charge < -0.3 is 15.1 Å². The van der Waals surface area contributed by atoms with Crippen LogP contribution in [0.1, 0.15) is 45.5 Å². The van der Waals surface area contributed by atoms with Crippen molar-refractivity contribution in [2.45, 2.75) is 38.3 Å². The molecule has 2 aliphatic heterocycles. The first-order chi connectivity index (χ1) is 22.3. The number of amides is 3. The first kappa shape index (κ1) is 34.2. The zero-order chi connectivity index (χ0) is 33.6. The summed E-state index contributed by atoms with van der Waals surface area (Å²) in [6, 6.07) is 16.8. The van der Waals surface area contributed by atoms with Gasteiger partial charge >= 0.3 is 18.4 Å². The van der Waals surface area contributed by atoms with Crippen molar-refractivity contribution in [3.63, 3.8) is 0 Å². The van der Waals surface area contributed by atoms with Gasteiger partial charge in [0.15, 0.2) is 0 Å². The molecule has 13 heteroatoms. The number of anilines is 1. The van der Waals surface area contributed by atoms with Gasteiger partial charge in [-0.15, -0.1) is 0 Å². The summed E-state index contributed by atoms with van der Waals surface area (Å²) >= 11 is 0. The summed E-state index contributed by atoms with van der Waals surface area (Å²) in [5.74, 6) is -0.125. The van der Waals surface area contributed by atoms with Gasteiger partial charge in [-0.1, -0.05) is 24.3 Å². The molecule has 0 saturated carbocycles. The Hall–Kier alpha value is -4.10. The Morgan fingerprint density at radius 1 is 0.553 bits per heavy atom. The zero-order valence-corrected chi connectivity index (χ0v) is 25.8. The molecule has 252 valence electrons. The van der Waals surface area contributed by atoms with E-state index >= 15 is 0 Å². The second kappa shape index (κ2) is 14.8. The summed E-state index contributed by atoms with van der Waals surface area (Å²) in [4.78, 5) is 34.0. The molecule has 2 fully saturated rings. The molecule has 2 aliphatic rings. The summed E-state index contributed by atoms with van der Waals surface area (Å²) in [7, 11) is 0. The van der Waals surface area contributed by atoms with Crippen LogP contribution in [-0.4, -0.2) is 83.9 Å². The van der Waals surface area contributed by atoms with E-state index in [1.165, 1.54) is 24.3 Å². The van der Waals surface area contributed by atoms with Gasteiger partial charge in [-0.2, -0.15) is 26.3 Å². The first-order valence-corrected chi connectivity index (χ1v) is 15.6. The molecule has 3 aromatic carbocycles. The number of rotatable bonds is 6. The molecule has 0 atom stereocenters. The molecule has 47 heavy (non-hydrogen) atoms. The average molecular weight is 662 g/mol. The van der Waals surface area contributed by atoms with Crippen molar-refractivity contribution >= 4 is 17.6 Å². The lowest BCUT2D eigenvalue weighted by molar-refractivity contribution is -0.138. The number of nitrogens with one attached hydrogen (secondary N) is 1. The molecule has 1 N–H and O–H groups in total. The van der Waals surface area contributed by atoms with Crippen molar-refractivity contribution < 1.29 is 35.9 Å². The molecular weight excluding hydrogens is 624 g/mol. The fourth-order valence-corrected chi connectivity index (χ4v) is 5.86. The Morgan fingerprint density at radius 2 is 1.00 bits per heavy atom. The number of halogens is 6. The summed E-state index contributed by atoms with van der Waals surface area (Å²) < 4.78 is 77.2. The van der Waals surface area contributed by atoms with Gasteiger partial charge in [0, 0.05) is 76.7 Å². The van der Waals surface area contributed by atoms with Crippen LogP contribution in [0.5, 0.6) is 0 Å². The molecule has 0 radical (unpaired) electrons. The van der Waals surface area contributed by atoms with Gasteiger partial charge in [-0.05, 0) is 72.5 Å². The van der Waals surface area contributed by atoms with Crippen LogP contribution >= 0.6 is 0 Å². The molecular formula is C34H37F6N5O2. The lowest BCUT2D eigenvalue weighted by Crippen LogP contribution is -2.38. The van der Waals surface area contributed by atoms with E-state index < -0.39 is 23.5 Å². The van der Waals surface area contributed by atoms with E-state index in [-0.39, 0.29) is 11.9 Å². The highest BCUT2D eigenvalue weighted by Gasteiger charge is 2.31. The maximum atomic E-state index is 13.2. The van der Waals surface area contributed by atoms with E-state index in [0.717, 1.165) is 54.8 Å². The monoisotopic (exact) mass is 661 g/mol. The van der Waals surface area contributed by atoms with Crippen molar-refractivity contribution in [2.24, 2.45) is 0 Å². The third-order valence-corrected chi connectivity index (χ3v) is 8.51. The summed E-state index contributed by atoms with van der Waals surface area (Å²) in [6.07, 6.45) is -7.28. The molecule has 2 heterocycles. The van der Waals surface area contributed by atoms with E-state index in [0.29, 0.717) is 70.2 Å². The van der Waals surface area contributed by atoms with Crippen molar-refractivity contribution in [2.75, 3.05) is 57.7 Å². The zero-order valence-electron chi connectivity index (χ0n) is 25.8. The maximum absolute atomic E-state index is 13.2. The Labute approximate surface area is 269 Å². The number of urea groups is 1. The van der Waals surface area contributed by atoms with Crippen LogP contribution in [0.2, 0.25) is 0 Å². The molecule has 7 nitrogen and oxygen atoms in total. The van der Waals surface area contributed by atoms with Crippen molar-refractivity contribution in [1.82, 2.24) is 19.6 Å². The Bertz CT molecular complexity index is 1490. The molecule has 5 rings (SSSR count). The quantitative estimate of drug-likeness (QED) is 0.295. The third kappa shape index (κ3) is 9.48. The smallest absolute Gasteiger partial charge is 0.337 e. The number of nitrogens with zero attached hydrogens (tertiary/aromatic N) is 4. The van der Waals surface area contributed by atoms with E-state index in [9.17, 15) is 35.9 Å². The third-order valence-electron chi connectivity index (χ3n) is 8.51. The van der Waals surface area contributed by atoms with E-state index in [1.54, 1.807) is 34.1 Å². The van der Waals surface area contributed by atoms with Gasteiger partial charge in [0.05, 0.1) is 11.1 Å². The topological polar surface area (TPSA) is 59.1 Å². The van der Waals surface area contributed by atoms with Crippen LogP contribution in [-0.2, 0) is 25.4 Å². The van der Waals surface area contributed by atoms with Crippen molar-refractivity contribution in [3.05, 3.63) is 101 Å². The predicted molar refractivity (Wildman–Crippen MR) is 166 cm³/mol. The fraction of sp³-hybridized carbons (Fsp3) is 0.412. The van der Waals surface area contributed by atoms with E-state index in [2.05, 4.69) is 15.1 Å². The predicted octanol–water partition coefficient (Wildman–Crippen LogP) is 6.81. The number of hydrogen-bond acceptors (Lipinski definition) is 4. The molecule has 3 aromatic rings. The SMILES string of the molecule is O=C(Nc1ccc(C(=O)N2CCCN(Cc3ccc(C(F)(F)F)cc3)CC2)cc1)N1CCCN(Cc2ccc(C(F)(F)F)cc2)CC1. The molecule has 3 amide bonds. The molecule has 2 saturated heterocycles. The molecule has 0 bridgehead atoms. The standard InChI is InChI=1S/C34H37F6N5O2/c35-33(36,37)28-9-3-25(4-10-28)23-42-15-1-17-44(21-19-42)31(46)27-7-13-30(14-8-27)41-32(47)45-18-2-16-43(20-22-45)24-26-5-11-29(12-6-26)34(38,39)40/h3-14H,1-2,15-24H2,(H,41,47). The average Bonchev–Trinajstić information content (AvgIpc) is 3.42. The molecule has 0 aromatic heterocycles. The molecule has 0 spiro atoms. The van der Waals surface area contributed by atoms with Crippen molar-refractivity contribution in [1.29, 1.82) is 0 Å². The van der Waals surface area contributed by atoms with Gasteiger partial charge in [-0.25, -0.2) is 4.79 Å². The minimum atomic E-state index is -4.37. The number of carbonyl (C=O) groups is 2. The van der Waals surface area contributed by atoms with Crippen LogP contribution in [0, 0.1) is 0 Å². The number of hydrogen-bond donors (Lipinski definition) is 1. The normalized spacial score (nSPS) is 17.2. The summed E-state index contributed by atoms with van der Waals surface area (Å²) in [5.41, 5.74) is 1.25. The second-order valence-electron chi connectivity index (χ2n) is 11.9. The van der Waals surface area contributed by atoms with Crippen molar-refractivity contribution in [3.8, 4) is 0 Å². The maximum Gasteiger partial charge on any atom is 0.416 e. The van der Waals surface area contributed by atoms with Crippen LogP contribution in [0.4, 0.5) is 36.8 Å². The summed E-state index contributed by atoms with van der Waals surface area (Å²) in [5, 5.41) is 2.89. The van der Waals surface area contributed by atoms with Gasteiger partial charge in [0.2, 0.25) is 0 Å². The highest BCUT2D eigenvalue weighted by molar-refractivity contribution is 5.95. The Balaban J connectivity index is 1.07. The first-order valence-electron chi connectivity index (χ1n) is 15.6. The Morgan fingerprint density at radius 3 is 1.47 bits per heavy atom. The lowest BCUT2D eigenvalue weighted by Gasteiger charge is -2.23. The van der Waals surface area contributed by atoms with Gasteiger partial charge in [-0.3, -0.25) is 14.6 Å². The van der Waals surface area contributed by atoms with E-state index in [1.807, 2.05) is 0 Å². The van der Waals surface area contributed by atoms with Crippen LogP contribution in [0.25, 0.3) is 0 Å². The minimum absolute atomic E-state index is 0.125. The molecule has 0 unspecified atom stereocenters. The van der Waals surface area contributed by atoms with E-state index in [4.69, 9.17) is 0 Å². The van der Waals surface area contributed by atoms with Crippen LogP contribution in [0.15, 0.2) is 72.8 Å². The number of alkyl halides is 6. The summed E-state index contributed by atoms with van der Waals surface area (Å²) in [6.45, 7) is 5.67. The number of carbonyl (C=O) groups excluding carboxylic acids is 2. The Kier molecular flexibility index (Phi) is 10.8. The highest BCUT2D eigenvalue weighted by atomic mass is 19.4. The van der Waals surface area contributed by atoms with Crippen LogP contribution in [0.3, 0.4) is 0 Å². The largest absolute Gasteiger partial charge is 0.416 e. The van der Waals surface area contributed by atoms with Gasteiger partial charge in [0.1, 0.15) is 0 Å². The number of benzene rings is 3. The van der Waals surface area contributed by atoms with Crippen LogP contribution < -0.4 is 5.32 Å². The lowest BCUT2D eigenvalue weighted by atomic mass is 10.1. The fourth-order valence-electron chi connectivity index (χ4n) is 5.86.